The zero-order valence-corrected chi connectivity index (χ0v) is 14.2. The van der Waals surface area contributed by atoms with Crippen molar-refractivity contribution in [3.63, 3.8) is 0 Å². The van der Waals surface area contributed by atoms with E-state index in [4.69, 9.17) is 9.82 Å². The van der Waals surface area contributed by atoms with Crippen molar-refractivity contribution in [3.05, 3.63) is 71.2 Å². The van der Waals surface area contributed by atoms with Gasteiger partial charge in [0.2, 0.25) is 0 Å². The van der Waals surface area contributed by atoms with Crippen LogP contribution in [0.25, 0.3) is 16.6 Å². The van der Waals surface area contributed by atoms with E-state index in [0.29, 0.717) is 0 Å². The van der Waals surface area contributed by atoms with Crippen LogP contribution in [-0.2, 0) is 11.4 Å². The quantitative estimate of drug-likeness (QED) is 0.791. The van der Waals surface area contributed by atoms with Gasteiger partial charge in [-0.25, -0.2) is 0 Å². The van der Waals surface area contributed by atoms with E-state index in [2.05, 4.69) is 60.4 Å². The van der Waals surface area contributed by atoms with Gasteiger partial charge in [0.15, 0.2) is 0 Å². The number of hydrogen-bond donors (Lipinski definition) is 1. The maximum absolute atomic E-state index is 5.47. The van der Waals surface area contributed by atoms with E-state index in [1.807, 2.05) is 19.2 Å². The Balaban J connectivity index is 1.81. The Kier molecular flexibility index (Phi) is 3.62. The highest BCUT2D eigenvalue weighted by atomic mass is 16.7. The Morgan fingerprint density at radius 1 is 1.21 bits per heavy atom. The molecule has 0 amide bonds. The van der Waals surface area contributed by atoms with Gasteiger partial charge in [-0.2, -0.15) is 0 Å². The number of pyridine rings is 1. The van der Waals surface area contributed by atoms with Crippen LogP contribution in [0, 0.1) is 6.92 Å². The van der Waals surface area contributed by atoms with Gasteiger partial charge in [-0.3, -0.25) is 4.98 Å². The molecule has 4 nitrogen and oxygen atoms in total. The molecule has 122 valence electrons. The number of benzene rings is 1. The van der Waals surface area contributed by atoms with Gasteiger partial charge in [-0.15, -0.1) is 5.48 Å². The van der Waals surface area contributed by atoms with Gasteiger partial charge in [0.25, 0.3) is 0 Å². The summed E-state index contributed by atoms with van der Waals surface area (Å²) in [6.07, 6.45) is 4.14. The first-order valence-corrected chi connectivity index (χ1v) is 8.26. The highest BCUT2D eigenvalue weighted by Gasteiger charge is 2.23. The Morgan fingerprint density at radius 2 is 2.00 bits per heavy atom. The van der Waals surface area contributed by atoms with Gasteiger partial charge < -0.3 is 9.40 Å². The van der Waals surface area contributed by atoms with Crippen LogP contribution in [0.4, 0.5) is 0 Å². The van der Waals surface area contributed by atoms with Crippen molar-refractivity contribution in [1.29, 1.82) is 0 Å². The minimum absolute atomic E-state index is 0.169. The molecule has 0 bridgehead atoms. The first-order chi connectivity index (χ1) is 11.6. The number of rotatable bonds is 3. The summed E-state index contributed by atoms with van der Waals surface area (Å²) in [5.74, 6) is 0.918. The Bertz CT molecular complexity index is 925. The highest BCUT2D eigenvalue weighted by molar-refractivity contribution is 5.84. The van der Waals surface area contributed by atoms with Crippen LogP contribution in [0.15, 0.2) is 54.6 Å². The lowest BCUT2D eigenvalue weighted by Gasteiger charge is -2.09. The van der Waals surface area contributed by atoms with E-state index in [1.54, 1.807) is 0 Å². The number of fused-ring (bicyclic) bond motifs is 1. The molecule has 0 spiro atoms. The third-order valence-electron chi connectivity index (χ3n) is 4.61. The zero-order valence-electron chi connectivity index (χ0n) is 14.2. The van der Waals surface area contributed by atoms with Gasteiger partial charge in [0.05, 0.1) is 17.1 Å². The summed E-state index contributed by atoms with van der Waals surface area (Å²) < 4.78 is 2.28. The molecule has 1 N–H and O–H groups in total. The van der Waals surface area contributed by atoms with E-state index in [1.165, 1.54) is 16.7 Å². The van der Waals surface area contributed by atoms with Crippen LogP contribution in [0.2, 0.25) is 0 Å². The second kappa shape index (κ2) is 5.80. The van der Waals surface area contributed by atoms with E-state index < -0.39 is 0 Å². The normalized spacial score (nSPS) is 17.5. The first kappa shape index (κ1) is 15.0. The molecular weight excluding hydrogens is 298 g/mol. The Labute approximate surface area is 141 Å². The van der Waals surface area contributed by atoms with Crippen molar-refractivity contribution < 1.29 is 4.84 Å². The lowest BCUT2D eigenvalue weighted by Crippen LogP contribution is -2.19. The van der Waals surface area contributed by atoms with E-state index >= 15 is 0 Å². The summed E-state index contributed by atoms with van der Waals surface area (Å²) in [4.78, 5) is 10.2. The van der Waals surface area contributed by atoms with Crippen LogP contribution < -0.4 is 5.48 Å². The summed E-state index contributed by atoms with van der Waals surface area (Å²) in [5.41, 5.74) is 10.0. The summed E-state index contributed by atoms with van der Waals surface area (Å²) in [6, 6.07) is 12.9. The first-order valence-electron chi connectivity index (χ1n) is 8.26. The fourth-order valence-electron chi connectivity index (χ4n) is 3.45. The molecule has 0 aliphatic carbocycles. The van der Waals surface area contributed by atoms with Crippen LogP contribution in [0.1, 0.15) is 30.5 Å². The standard InChI is InChI=1S/C20H21N3O/c1-13-11-23(12-16-7-5-4-6-8-16)18-9-17(10-21-20(13)18)19-14(2)22-24-15(19)3/h4-11,14,22H,12H2,1-3H3. The Hall–Kier alpha value is -2.59. The molecule has 0 radical (unpaired) electrons. The highest BCUT2D eigenvalue weighted by Crippen LogP contribution is 2.30. The third-order valence-corrected chi connectivity index (χ3v) is 4.61. The number of nitrogens with one attached hydrogen (secondary N) is 1. The molecule has 2 aromatic heterocycles. The van der Waals surface area contributed by atoms with E-state index in [-0.39, 0.29) is 6.04 Å². The monoisotopic (exact) mass is 319 g/mol. The molecule has 1 aliphatic heterocycles. The van der Waals surface area contributed by atoms with Crippen molar-refractivity contribution in [2.24, 2.45) is 0 Å². The van der Waals surface area contributed by atoms with Crippen LogP contribution in [0.5, 0.6) is 0 Å². The average molecular weight is 319 g/mol. The van der Waals surface area contributed by atoms with Gasteiger partial charge in [0, 0.05) is 30.1 Å². The van der Waals surface area contributed by atoms with Crippen LogP contribution in [0.3, 0.4) is 0 Å². The lowest BCUT2D eigenvalue weighted by molar-refractivity contribution is 0.122. The minimum Gasteiger partial charge on any atom is -0.413 e. The predicted molar refractivity (Wildman–Crippen MR) is 96.3 cm³/mol. The number of hydrogen-bond acceptors (Lipinski definition) is 3. The van der Waals surface area contributed by atoms with Crippen LogP contribution >= 0.6 is 0 Å². The molecule has 1 aliphatic rings. The van der Waals surface area contributed by atoms with Crippen molar-refractivity contribution >= 4 is 16.6 Å². The topological polar surface area (TPSA) is 39.1 Å². The second-order valence-electron chi connectivity index (χ2n) is 6.43. The third kappa shape index (κ3) is 2.49. The molecule has 3 heterocycles. The number of aryl methyl sites for hydroxylation is 1. The molecule has 3 aromatic rings. The predicted octanol–water partition coefficient (Wildman–Crippen LogP) is 4.05. The fraction of sp³-hybridized carbons (Fsp3) is 0.250. The molecule has 0 fully saturated rings. The molecule has 0 saturated heterocycles. The summed E-state index contributed by atoms with van der Waals surface area (Å²) >= 11 is 0. The molecule has 1 atom stereocenters. The lowest BCUT2D eigenvalue weighted by atomic mass is 10.0. The minimum atomic E-state index is 0.169. The molecule has 0 saturated carbocycles. The van der Waals surface area contributed by atoms with Crippen molar-refractivity contribution in [2.75, 3.05) is 0 Å². The molecule has 4 rings (SSSR count). The molecule has 24 heavy (non-hydrogen) atoms. The number of aromatic nitrogens is 2. The van der Waals surface area contributed by atoms with Gasteiger partial charge >= 0.3 is 0 Å². The van der Waals surface area contributed by atoms with Crippen molar-refractivity contribution in [1.82, 2.24) is 15.0 Å². The SMILES string of the molecule is CC1=C(c2cnc3c(C)cn(Cc4ccccc4)c3c2)C(C)NO1. The molecule has 1 unspecified atom stereocenters. The number of allylic oxidation sites excluding steroid dienone is 1. The Morgan fingerprint density at radius 3 is 2.71 bits per heavy atom. The van der Waals surface area contributed by atoms with Gasteiger partial charge in [-0.1, -0.05) is 30.3 Å². The number of hydroxylamine groups is 1. The second-order valence-corrected chi connectivity index (χ2v) is 6.43. The average Bonchev–Trinajstić information content (AvgIpc) is 3.08. The molecule has 4 heteroatoms. The van der Waals surface area contributed by atoms with Crippen molar-refractivity contribution in [2.45, 2.75) is 33.4 Å². The maximum Gasteiger partial charge on any atom is 0.126 e. The summed E-state index contributed by atoms with van der Waals surface area (Å²) in [6.45, 7) is 7.05. The van der Waals surface area contributed by atoms with Gasteiger partial charge in [0.1, 0.15) is 5.76 Å². The summed E-state index contributed by atoms with van der Waals surface area (Å²) in [7, 11) is 0. The zero-order chi connectivity index (χ0) is 16.7. The smallest absolute Gasteiger partial charge is 0.126 e. The van der Waals surface area contributed by atoms with Crippen molar-refractivity contribution in [3.8, 4) is 0 Å². The van der Waals surface area contributed by atoms with Gasteiger partial charge in [-0.05, 0) is 38.0 Å². The molecule has 1 aromatic carbocycles. The molecular formula is C20H21N3O. The maximum atomic E-state index is 5.47. The largest absolute Gasteiger partial charge is 0.413 e. The summed E-state index contributed by atoms with van der Waals surface area (Å²) in [5, 5.41) is 0. The number of nitrogens with zero attached hydrogens (tertiary/aromatic N) is 2. The fourth-order valence-corrected chi connectivity index (χ4v) is 3.45. The van der Waals surface area contributed by atoms with Crippen LogP contribution in [-0.4, -0.2) is 15.6 Å². The van der Waals surface area contributed by atoms with E-state index in [0.717, 1.165) is 28.9 Å². The van der Waals surface area contributed by atoms with E-state index in [9.17, 15) is 0 Å².